The van der Waals surface area contributed by atoms with Gasteiger partial charge in [0.1, 0.15) is 17.1 Å². The highest BCUT2D eigenvalue weighted by Crippen LogP contribution is 2.24. The zero-order chi connectivity index (χ0) is 15.5. The van der Waals surface area contributed by atoms with Crippen molar-refractivity contribution in [1.29, 1.82) is 0 Å². The summed E-state index contributed by atoms with van der Waals surface area (Å²) in [6, 6.07) is 14.2. The summed E-state index contributed by atoms with van der Waals surface area (Å²) in [5, 5.41) is 10.8. The number of benzene rings is 2. The van der Waals surface area contributed by atoms with Gasteiger partial charge in [-0.05, 0) is 36.4 Å². The van der Waals surface area contributed by atoms with Crippen LogP contribution in [0.2, 0.25) is 0 Å². The number of ether oxygens (including phenoxy) is 1. The zero-order valence-electron chi connectivity index (χ0n) is 11.9. The highest BCUT2D eigenvalue weighted by atomic mass is 16.5. The molecule has 5 heteroatoms. The fourth-order valence-corrected chi connectivity index (χ4v) is 2.17. The van der Waals surface area contributed by atoms with Crippen molar-refractivity contribution in [3.05, 3.63) is 64.4 Å². The van der Waals surface area contributed by atoms with Gasteiger partial charge in [-0.3, -0.25) is 9.79 Å². The molecule has 3 rings (SSSR count). The molecule has 0 aliphatic heterocycles. The molecule has 22 heavy (non-hydrogen) atoms. The van der Waals surface area contributed by atoms with Gasteiger partial charge < -0.3 is 14.8 Å². The van der Waals surface area contributed by atoms with E-state index in [1.165, 1.54) is 6.21 Å². The van der Waals surface area contributed by atoms with Crippen LogP contribution in [-0.2, 0) is 0 Å². The molecule has 1 aromatic heterocycles. The molecule has 0 aliphatic carbocycles. The molecule has 1 heterocycles. The first-order chi connectivity index (χ1) is 10.7. The van der Waals surface area contributed by atoms with Crippen LogP contribution in [0.5, 0.6) is 11.5 Å². The summed E-state index contributed by atoms with van der Waals surface area (Å²) >= 11 is 0. The van der Waals surface area contributed by atoms with Crippen molar-refractivity contribution in [3.63, 3.8) is 0 Å². The van der Waals surface area contributed by atoms with Gasteiger partial charge >= 0.3 is 0 Å². The maximum atomic E-state index is 12.0. The Balaban J connectivity index is 2.02. The van der Waals surface area contributed by atoms with Gasteiger partial charge in [0.15, 0.2) is 0 Å². The van der Waals surface area contributed by atoms with Gasteiger partial charge in [-0.15, -0.1) is 0 Å². The Hall–Kier alpha value is -3.08. The lowest BCUT2D eigenvalue weighted by Gasteiger charge is -2.03. The first-order valence-electron chi connectivity index (χ1n) is 6.71. The number of aromatic amines is 1. The Morgan fingerprint density at radius 2 is 1.86 bits per heavy atom. The Bertz CT molecular complexity index is 896. The second-order valence-electron chi connectivity index (χ2n) is 4.72. The molecule has 0 radical (unpaired) electrons. The van der Waals surface area contributed by atoms with E-state index in [0.717, 1.165) is 5.75 Å². The molecule has 0 aliphatic rings. The molecule has 0 saturated heterocycles. The predicted octanol–water partition coefficient (Wildman–Crippen LogP) is 2.99. The maximum Gasteiger partial charge on any atom is 0.261 e. The van der Waals surface area contributed by atoms with Crippen molar-refractivity contribution in [3.8, 4) is 11.5 Å². The van der Waals surface area contributed by atoms with Crippen molar-refractivity contribution in [2.24, 2.45) is 4.99 Å². The molecule has 0 atom stereocenters. The van der Waals surface area contributed by atoms with E-state index in [-0.39, 0.29) is 16.9 Å². The smallest absolute Gasteiger partial charge is 0.261 e. The summed E-state index contributed by atoms with van der Waals surface area (Å²) in [6.45, 7) is 0. The lowest BCUT2D eigenvalue weighted by atomic mass is 10.1. The van der Waals surface area contributed by atoms with Gasteiger partial charge in [-0.1, -0.05) is 12.1 Å². The van der Waals surface area contributed by atoms with Crippen LogP contribution in [0.1, 0.15) is 5.56 Å². The van der Waals surface area contributed by atoms with Gasteiger partial charge in [0.2, 0.25) is 0 Å². The molecular formula is C17H14N2O3. The number of fused-ring (bicyclic) bond motifs is 1. The molecule has 0 spiro atoms. The summed E-state index contributed by atoms with van der Waals surface area (Å²) < 4.78 is 5.07. The van der Waals surface area contributed by atoms with E-state index in [9.17, 15) is 9.90 Å². The number of aromatic hydroxyl groups is 1. The molecule has 3 aromatic rings. The third-order valence-electron chi connectivity index (χ3n) is 3.35. The largest absolute Gasteiger partial charge is 0.506 e. The highest BCUT2D eigenvalue weighted by Gasteiger charge is 2.09. The summed E-state index contributed by atoms with van der Waals surface area (Å²) in [4.78, 5) is 19.0. The van der Waals surface area contributed by atoms with Crippen LogP contribution in [-0.4, -0.2) is 23.4 Å². The number of aromatic nitrogens is 1. The lowest BCUT2D eigenvalue weighted by molar-refractivity contribution is 0.415. The molecule has 5 nitrogen and oxygen atoms in total. The summed E-state index contributed by atoms with van der Waals surface area (Å²) in [7, 11) is 1.59. The van der Waals surface area contributed by atoms with Crippen LogP contribution in [0.4, 0.5) is 5.69 Å². The number of hydrogen-bond donors (Lipinski definition) is 2. The van der Waals surface area contributed by atoms with Crippen molar-refractivity contribution >= 4 is 22.8 Å². The first-order valence-corrected chi connectivity index (χ1v) is 6.71. The summed E-state index contributed by atoms with van der Waals surface area (Å²) in [5.41, 5.74) is 1.00. The number of rotatable bonds is 3. The molecule has 0 unspecified atom stereocenters. The number of H-pyrrole nitrogens is 1. The van der Waals surface area contributed by atoms with E-state index in [2.05, 4.69) is 9.98 Å². The minimum Gasteiger partial charge on any atom is -0.506 e. The van der Waals surface area contributed by atoms with Crippen molar-refractivity contribution in [2.45, 2.75) is 0 Å². The van der Waals surface area contributed by atoms with Crippen molar-refractivity contribution < 1.29 is 9.84 Å². The molecule has 0 bridgehead atoms. The normalized spacial score (nSPS) is 11.1. The van der Waals surface area contributed by atoms with Crippen LogP contribution in [0.25, 0.3) is 10.9 Å². The lowest BCUT2D eigenvalue weighted by Crippen LogP contribution is -2.12. The zero-order valence-corrected chi connectivity index (χ0v) is 11.9. The number of para-hydroxylation sites is 1. The minimum absolute atomic E-state index is 0.0726. The van der Waals surface area contributed by atoms with Crippen LogP contribution >= 0.6 is 0 Å². The second kappa shape index (κ2) is 5.73. The number of pyridine rings is 1. The van der Waals surface area contributed by atoms with Crippen LogP contribution in [0.3, 0.4) is 0 Å². The number of nitrogens with one attached hydrogen (secondary N) is 1. The molecule has 0 saturated carbocycles. The van der Waals surface area contributed by atoms with Crippen LogP contribution in [0.15, 0.2) is 58.3 Å². The predicted molar refractivity (Wildman–Crippen MR) is 86.5 cm³/mol. The Kier molecular flexibility index (Phi) is 3.62. The molecular weight excluding hydrogens is 280 g/mol. The number of nitrogens with zero attached hydrogens (tertiary/aromatic N) is 1. The monoisotopic (exact) mass is 294 g/mol. The van der Waals surface area contributed by atoms with E-state index >= 15 is 0 Å². The molecule has 2 aromatic carbocycles. The summed E-state index contributed by atoms with van der Waals surface area (Å²) in [5.74, 6) is 0.655. The molecule has 0 fully saturated rings. The van der Waals surface area contributed by atoms with Gasteiger partial charge in [-0.25, -0.2) is 0 Å². The van der Waals surface area contributed by atoms with E-state index in [1.54, 1.807) is 55.6 Å². The number of aliphatic imine (C=N–C) groups is 1. The first kappa shape index (κ1) is 13.9. The number of methoxy groups -OCH3 is 1. The van der Waals surface area contributed by atoms with E-state index in [1.807, 2.05) is 0 Å². The van der Waals surface area contributed by atoms with Crippen molar-refractivity contribution in [2.75, 3.05) is 7.11 Å². The minimum atomic E-state index is -0.381. The highest BCUT2D eigenvalue weighted by molar-refractivity contribution is 5.95. The fraction of sp³-hybridized carbons (Fsp3) is 0.0588. The van der Waals surface area contributed by atoms with Gasteiger partial charge in [-0.2, -0.15) is 0 Å². The van der Waals surface area contributed by atoms with Gasteiger partial charge in [0.05, 0.1) is 18.3 Å². The van der Waals surface area contributed by atoms with E-state index < -0.39 is 0 Å². The Morgan fingerprint density at radius 3 is 2.59 bits per heavy atom. The quantitative estimate of drug-likeness (QED) is 0.729. The SMILES string of the molecule is COc1ccc(N=Cc2c(O)c3ccccc3[nH]c2=O)cc1. The third kappa shape index (κ3) is 2.56. The standard InChI is InChI=1S/C17H14N2O3/c1-22-12-8-6-11(7-9-12)18-10-14-16(20)13-4-2-3-5-15(13)19-17(14)21/h2-10H,1H3,(H2,19,20,21). The van der Waals surface area contributed by atoms with Crippen LogP contribution in [0, 0.1) is 0 Å². The Morgan fingerprint density at radius 1 is 1.14 bits per heavy atom. The average Bonchev–Trinajstić information content (AvgIpc) is 2.55. The topological polar surface area (TPSA) is 74.7 Å². The Labute approximate surface area is 126 Å². The third-order valence-corrected chi connectivity index (χ3v) is 3.35. The van der Waals surface area contributed by atoms with Crippen molar-refractivity contribution in [1.82, 2.24) is 4.98 Å². The van der Waals surface area contributed by atoms with E-state index in [0.29, 0.717) is 16.6 Å². The van der Waals surface area contributed by atoms with Gasteiger partial charge in [0.25, 0.3) is 5.56 Å². The fourth-order valence-electron chi connectivity index (χ4n) is 2.17. The van der Waals surface area contributed by atoms with Gasteiger partial charge in [0, 0.05) is 11.6 Å². The second-order valence-corrected chi connectivity index (χ2v) is 4.72. The maximum absolute atomic E-state index is 12.0. The summed E-state index contributed by atoms with van der Waals surface area (Å²) in [6.07, 6.45) is 1.36. The molecule has 2 N–H and O–H groups in total. The molecule has 110 valence electrons. The van der Waals surface area contributed by atoms with Crippen LogP contribution < -0.4 is 10.3 Å². The number of hydrogen-bond acceptors (Lipinski definition) is 4. The van der Waals surface area contributed by atoms with E-state index in [4.69, 9.17) is 4.74 Å². The average molecular weight is 294 g/mol. The molecule has 0 amide bonds.